The summed E-state index contributed by atoms with van der Waals surface area (Å²) in [4.78, 5) is 16.5. The molecule has 2 aromatic rings. The van der Waals surface area contributed by atoms with Crippen molar-refractivity contribution in [1.29, 1.82) is 0 Å². The lowest BCUT2D eigenvalue weighted by Gasteiger charge is -2.01. The number of benzene rings is 2. The smallest absolute Gasteiger partial charge is 0.368 e. The topological polar surface area (TPSA) is 58.9 Å². The van der Waals surface area contributed by atoms with E-state index in [1.54, 1.807) is 30.3 Å². The van der Waals surface area contributed by atoms with Gasteiger partial charge in [-0.05, 0) is 12.1 Å². The molecule has 0 unspecified atom stereocenters. The molecule has 0 fully saturated rings. The van der Waals surface area contributed by atoms with E-state index in [2.05, 4.69) is 5.16 Å². The van der Waals surface area contributed by atoms with Crippen LogP contribution in [0.25, 0.3) is 6.08 Å². The van der Waals surface area contributed by atoms with Gasteiger partial charge in [0.25, 0.3) is 0 Å². The fourth-order valence-electron chi connectivity index (χ4n) is 1.98. The molecule has 0 aromatic heterocycles. The largest absolute Gasteiger partial charge is 0.507 e. The standard InChI is InChI=1S/C16H11NO3/c18-14-9-5-4-8-12(14)10-13-15(17-20-16(13)19)11-6-2-1-3-7-11/h1-10,18H. The van der Waals surface area contributed by atoms with Gasteiger partial charge in [0.2, 0.25) is 0 Å². The average molecular weight is 265 g/mol. The first-order valence-corrected chi connectivity index (χ1v) is 6.10. The average Bonchev–Trinajstić information content (AvgIpc) is 2.84. The molecule has 2 aromatic carbocycles. The molecule has 4 nitrogen and oxygen atoms in total. The van der Waals surface area contributed by atoms with Crippen LogP contribution >= 0.6 is 0 Å². The lowest BCUT2D eigenvalue weighted by Crippen LogP contribution is -2.06. The van der Waals surface area contributed by atoms with Crippen LogP contribution in [0.3, 0.4) is 0 Å². The molecule has 1 N–H and O–H groups in total. The predicted molar refractivity (Wildman–Crippen MR) is 75.2 cm³/mol. The number of hydrogen-bond acceptors (Lipinski definition) is 4. The predicted octanol–water partition coefficient (Wildman–Crippen LogP) is 2.74. The molecule has 4 heteroatoms. The Bertz CT molecular complexity index is 718. The van der Waals surface area contributed by atoms with Crippen LogP contribution in [0, 0.1) is 0 Å². The number of para-hydroxylation sites is 1. The van der Waals surface area contributed by atoms with Crippen LogP contribution in [0.15, 0.2) is 65.3 Å². The Hall–Kier alpha value is -2.88. The molecule has 0 bridgehead atoms. The van der Waals surface area contributed by atoms with Crippen LogP contribution in [-0.4, -0.2) is 16.8 Å². The van der Waals surface area contributed by atoms with Crippen molar-refractivity contribution in [2.24, 2.45) is 5.16 Å². The second-order valence-corrected chi connectivity index (χ2v) is 4.30. The van der Waals surface area contributed by atoms with Gasteiger partial charge in [0, 0.05) is 11.1 Å². The number of carbonyl (C=O) groups is 1. The van der Waals surface area contributed by atoms with Crippen molar-refractivity contribution in [3.8, 4) is 5.75 Å². The summed E-state index contributed by atoms with van der Waals surface area (Å²) in [5.74, 6) is -0.417. The molecule has 0 aliphatic carbocycles. The van der Waals surface area contributed by atoms with Crippen molar-refractivity contribution in [3.63, 3.8) is 0 Å². The minimum absolute atomic E-state index is 0.104. The molecule has 1 aliphatic heterocycles. The van der Waals surface area contributed by atoms with Crippen LogP contribution < -0.4 is 0 Å². The van der Waals surface area contributed by atoms with E-state index in [0.717, 1.165) is 5.56 Å². The minimum atomic E-state index is -0.521. The first kappa shape index (κ1) is 12.2. The highest BCUT2D eigenvalue weighted by Gasteiger charge is 2.26. The van der Waals surface area contributed by atoms with E-state index in [-0.39, 0.29) is 5.75 Å². The van der Waals surface area contributed by atoms with E-state index in [9.17, 15) is 9.90 Å². The maximum atomic E-state index is 11.8. The van der Waals surface area contributed by atoms with E-state index >= 15 is 0 Å². The number of rotatable bonds is 2. The zero-order valence-corrected chi connectivity index (χ0v) is 10.5. The molecule has 0 spiro atoms. The Kier molecular flexibility index (Phi) is 3.05. The molecular weight excluding hydrogens is 254 g/mol. The maximum Gasteiger partial charge on any atom is 0.368 e. The van der Waals surface area contributed by atoms with Gasteiger partial charge in [-0.3, -0.25) is 0 Å². The molecule has 3 rings (SSSR count). The fraction of sp³-hybridized carbons (Fsp3) is 0. The van der Waals surface area contributed by atoms with E-state index in [1.165, 1.54) is 0 Å². The van der Waals surface area contributed by atoms with Crippen LogP contribution in [-0.2, 0) is 9.63 Å². The van der Waals surface area contributed by atoms with Gasteiger partial charge >= 0.3 is 5.97 Å². The van der Waals surface area contributed by atoms with Crippen molar-refractivity contribution >= 4 is 17.8 Å². The zero-order chi connectivity index (χ0) is 13.9. The molecule has 1 aliphatic rings. The van der Waals surface area contributed by atoms with Gasteiger partial charge in [-0.25, -0.2) is 4.79 Å². The number of hydrogen-bond donors (Lipinski definition) is 1. The van der Waals surface area contributed by atoms with Gasteiger partial charge in [0.1, 0.15) is 11.5 Å². The van der Waals surface area contributed by atoms with Gasteiger partial charge in [-0.1, -0.05) is 53.7 Å². The Labute approximate surface area is 115 Å². The van der Waals surface area contributed by atoms with E-state index in [1.807, 2.05) is 30.3 Å². The summed E-state index contributed by atoms with van der Waals surface area (Å²) in [6, 6.07) is 16.1. The number of oxime groups is 1. The third kappa shape index (κ3) is 2.19. The Balaban J connectivity index is 2.05. The van der Waals surface area contributed by atoms with Crippen molar-refractivity contribution in [2.75, 3.05) is 0 Å². The quantitative estimate of drug-likeness (QED) is 0.671. The summed E-state index contributed by atoms with van der Waals surface area (Å²) in [6.45, 7) is 0. The summed E-state index contributed by atoms with van der Waals surface area (Å²) in [6.07, 6.45) is 1.58. The highest BCUT2D eigenvalue weighted by atomic mass is 16.7. The highest BCUT2D eigenvalue weighted by Crippen LogP contribution is 2.24. The maximum absolute atomic E-state index is 11.8. The number of phenols is 1. The monoisotopic (exact) mass is 265 g/mol. The molecule has 1 heterocycles. The van der Waals surface area contributed by atoms with Gasteiger partial charge in [0.15, 0.2) is 0 Å². The lowest BCUT2D eigenvalue weighted by atomic mass is 10.0. The molecule has 0 radical (unpaired) electrons. The number of carbonyl (C=O) groups excluding carboxylic acids is 1. The normalized spacial score (nSPS) is 16.1. The van der Waals surface area contributed by atoms with Crippen LogP contribution in [0.2, 0.25) is 0 Å². The minimum Gasteiger partial charge on any atom is -0.507 e. The van der Waals surface area contributed by atoms with E-state index in [0.29, 0.717) is 16.8 Å². The van der Waals surface area contributed by atoms with E-state index in [4.69, 9.17) is 4.84 Å². The molecule has 98 valence electrons. The second-order valence-electron chi connectivity index (χ2n) is 4.30. The first-order valence-electron chi connectivity index (χ1n) is 6.10. The Morgan fingerprint density at radius 1 is 1.00 bits per heavy atom. The molecular formula is C16H11NO3. The Morgan fingerprint density at radius 3 is 2.45 bits per heavy atom. The lowest BCUT2D eigenvalue weighted by molar-refractivity contribution is -0.136. The third-order valence-electron chi connectivity index (χ3n) is 2.98. The summed E-state index contributed by atoms with van der Waals surface area (Å²) in [5.41, 5.74) is 2.14. The van der Waals surface area contributed by atoms with Crippen LogP contribution in [0.5, 0.6) is 5.75 Å². The van der Waals surface area contributed by atoms with Crippen molar-refractivity contribution < 1.29 is 14.7 Å². The Morgan fingerprint density at radius 2 is 1.70 bits per heavy atom. The number of phenolic OH excluding ortho intramolecular Hbond substituents is 1. The second kappa shape index (κ2) is 5.01. The van der Waals surface area contributed by atoms with Crippen molar-refractivity contribution in [1.82, 2.24) is 0 Å². The van der Waals surface area contributed by atoms with Gasteiger partial charge < -0.3 is 9.94 Å². The summed E-state index contributed by atoms with van der Waals surface area (Å²) >= 11 is 0. The van der Waals surface area contributed by atoms with Crippen molar-refractivity contribution in [3.05, 3.63) is 71.3 Å². The van der Waals surface area contributed by atoms with Gasteiger partial charge in [-0.15, -0.1) is 0 Å². The molecule has 0 amide bonds. The molecule has 20 heavy (non-hydrogen) atoms. The molecule has 0 saturated carbocycles. The third-order valence-corrected chi connectivity index (χ3v) is 2.98. The summed E-state index contributed by atoms with van der Waals surface area (Å²) < 4.78 is 0. The SMILES string of the molecule is O=C1ON=C(c2ccccc2)C1=Cc1ccccc1O. The molecule has 0 atom stereocenters. The fourth-order valence-corrected chi connectivity index (χ4v) is 1.98. The first-order chi connectivity index (χ1) is 9.75. The van der Waals surface area contributed by atoms with Gasteiger partial charge in [-0.2, -0.15) is 0 Å². The number of nitrogens with zero attached hydrogens (tertiary/aromatic N) is 1. The summed E-state index contributed by atoms with van der Waals surface area (Å²) in [7, 11) is 0. The van der Waals surface area contributed by atoms with Crippen LogP contribution in [0.4, 0.5) is 0 Å². The summed E-state index contributed by atoms with van der Waals surface area (Å²) in [5, 5.41) is 13.6. The molecule has 0 saturated heterocycles. The zero-order valence-electron chi connectivity index (χ0n) is 10.5. The van der Waals surface area contributed by atoms with Crippen molar-refractivity contribution in [2.45, 2.75) is 0 Å². The van der Waals surface area contributed by atoms with Gasteiger partial charge in [0.05, 0.1) is 5.57 Å². The highest BCUT2D eigenvalue weighted by molar-refractivity contribution is 6.31. The van der Waals surface area contributed by atoms with Crippen LogP contribution in [0.1, 0.15) is 11.1 Å². The number of aromatic hydroxyl groups is 1. The van der Waals surface area contributed by atoms with E-state index < -0.39 is 5.97 Å².